The minimum atomic E-state index is 0.620. The molecule has 1 aliphatic rings. The van der Waals surface area contributed by atoms with Crippen molar-refractivity contribution in [1.29, 1.82) is 0 Å². The lowest BCUT2D eigenvalue weighted by molar-refractivity contribution is 0.519. The van der Waals surface area contributed by atoms with Crippen LogP contribution in [0.25, 0.3) is 0 Å². The van der Waals surface area contributed by atoms with Crippen LogP contribution >= 0.6 is 0 Å². The summed E-state index contributed by atoms with van der Waals surface area (Å²) in [5.41, 5.74) is 2.98. The monoisotopic (exact) mass is 232 g/mol. The Bertz CT molecular complexity index is 349. The van der Waals surface area contributed by atoms with E-state index in [1.807, 2.05) is 0 Å². The molecule has 17 heavy (non-hydrogen) atoms. The molecule has 1 aliphatic heterocycles. The van der Waals surface area contributed by atoms with Gasteiger partial charge in [-0.2, -0.15) is 0 Å². The van der Waals surface area contributed by atoms with Crippen LogP contribution in [0.2, 0.25) is 0 Å². The summed E-state index contributed by atoms with van der Waals surface area (Å²) < 4.78 is 0. The molecule has 1 N–H and O–H groups in total. The molecule has 2 nitrogen and oxygen atoms in total. The molecule has 1 unspecified atom stereocenters. The van der Waals surface area contributed by atoms with Gasteiger partial charge in [0.2, 0.25) is 0 Å². The van der Waals surface area contributed by atoms with Crippen LogP contribution in [0.3, 0.4) is 0 Å². The van der Waals surface area contributed by atoms with Crippen LogP contribution in [0.5, 0.6) is 0 Å². The van der Waals surface area contributed by atoms with E-state index in [0.29, 0.717) is 6.04 Å². The molecule has 0 aliphatic carbocycles. The molecule has 0 saturated heterocycles. The number of aryl methyl sites for hydroxylation is 1. The molecule has 0 radical (unpaired) electrons. The summed E-state index contributed by atoms with van der Waals surface area (Å²) in [6, 6.07) is 9.48. The zero-order valence-electron chi connectivity index (χ0n) is 11.1. The standard InChI is InChI=1S/C15H24N2/c1-3-16-13(2)10-12-17-11-6-8-14-7-4-5-9-15(14)17/h4-5,7,9,13,16H,3,6,8,10-12H2,1-2H3. The van der Waals surface area contributed by atoms with E-state index in [1.54, 1.807) is 0 Å². The molecule has 1 aromatic rings. The van der Waals surface area contributed by atoms with Gasteiger partial charge in [-0.3, -0.25) is 0 Å². The van der Waals surface area contributed by atoms with E-state index in [1.165, 1.54) is 43.6 Å². The zero-order chi connectivity index (χ0) is 12.1. The van der Waals surface area contributed by atoms with Crippen LogP contribution in [0.1, 0.15) is 32.3 Å². The molecule has 0 fully saturated rings. The number of anilines is 1. The Morgan fingerprint density at radius 1 is 1.35 bits per heavy atom. The van der Waals surface area contributed by atoms with Gasteiger partial charge in [0.25, 0.3) is 0 Å². The van der Waals surface area contributed by atoms with Crippen molar-refractivity contribution in [1.82, 2.24) is 5.32 Å². The second-order valence-electron chi connectivity index (χ2n) is 4.97. The Morgan fingerprint density at radius 3 is 3.00 bits per heavy atom. The molecule has 1 heterocycles. The van der Waals surface area contributed by atoms with Crippen molar-refractivity contribution in [3.8, 4) is 0 Å². The lowest BCUT2D eigenvalue weighted by atomic mass is 10.0. The normalized spacial score (nSPS) is 16.7. The van der Waals surface area contributed by atoms with E-state index < -0.39 is 0 Å². The highest BCUT2D eigenvalue weighted by Gasteiger charge is 2.16. The van der Waals surface area contributed by atoms with Gasteiger partial charge in [-0.25, -0.2) is 0 Å². The maximum atomic E-state index is 3.48. The Hall–Kier alpha value is -1.02. The first-order chi connectivity index (χ1) is 8.31. The molecule has 2 heteroatoms. The number of fused-ring (bicyclic) bond motifs is 1. The minimum absolute atomic E-state index is 0.620. The molecule has 1 atom stereocenters. The fourth-order valence-corrected chi connectivity index (χ4v) is 2.64. The van der Waals surface area contributed by atoms with Crippen molar-refractivity contribution in [2.75, 3.05) is 24.5 Å². The number of nitrogens with zero attached hydrogens (tertiary/aromatic N) is 1. The van der Waals surface area contributed by atoms with Crippen LogP contribution in [-0.4, -0.2) is 25.7 Å². The first-order valence-electron chi connectivity index (χ1n) is 6.87. The summed E-state index contributed by atoms with van der Waals surface area (Å²) >= 11 is 0. The van der Waals surface area contributed by atoms with E-state index in [4.69, 9.17) is 0 Å². The van der Waals surface area contributed by atoms with Gasteiger partial charge in [0.15, 0.2) is 0 Å². The number of benzene rings is 1. The van der Waals surface area contributed by atoms with Crippen LogP contribution in [0.15, 0.2) is 24.3 Å². The molecular formula is C15H24N2. The third-order valence-corrected chi connectivity index (χ3v) is 3.59. The summed E-state index contributed by atoms with van der Waals surface area (Å²) in [5.74, 6) is 0. The largest absolute Gasteiger partial charge is 0.371 e. The van der Waals surface area contributed by atoms with Crippen LogP contribution in [0.4, 0.5) is 5.69 Å². The third kappa shape index (κ3) is 3.22. The number of hydrogen-bond donors (Lipinski definition) is 1. The Labute approximate surface area is 105 Å². The zero-order valence-corrected chi connectivity index (χ0v) is 11.1. The molecule has 0 bridgehead atoms. The molecule has 0 aromatic heterocycles. The number of nitrogens with one attached hydrogen (secondary N) is 1. The average Bonchev–Trinajstić information content (AvgIpc) is 2.36. The molecule has 0 spiro atoms. The Kier molecular flexibility index (Phi) is 4.43. The van der Waals surface area contributed by atoms with Crippen molar-refractivity contribution in [3.05, 3.63) is 29.8 Å². The minimum Gasteiger partial charge on any atom is -0.371 e. The first-order valence-corrected chi connectivity index (χ1v) is 6.87. The topological polar surface area (TPSA) is 15.3 Å². The van der Waals surface area contributed by atoms with Gasteiger partial charge in [0.1, 0.15) is 0 Å². The molecule has 94 valence electrons. The molecule has 1 aromatic carbocycles. The predicted molar refractivity (Wildman–Crippen MR) is 74.7 cm³/mol. The van der Waals surface area contributed by atoms with Crippen molar-refractivity contribution in [2.45, 2.75) is 39.2 Å². The lowest BCUT2D eigenvalue weighted by Crippen LogP contribution is -2.35. The quantitative estimate of drug-likeness (QED) is 0.840. The van der Waals surface area contributed by atoms with E-state index in [9.17, 15) is 0 Å². The molecule has 0 saturated carbocycles. The van der Waals surface area contributed by atoms with Gasteiger partial charge in [-0.15, -0.1) is 0 Å². The van der Waals surface area contributed by atoms with Gasteiger partial charge in [0, 0.05) is 24.8 Å². The summed E-state index contributed by atoms with van der Waals surface area (Å²) in [7, 11) is 0. The van der Waals surface area contributed by atoms with Crippen molar-refractivity contribution < 1.29 is 0 Å². The van der Waals surface area contributed by atoms with Gasteiger partial charge in [-0.05, 0) is 44.4 Å². The van der Waals surface area contributed by atoms with Crippen LogP contribution in [0, 0.1) is 0 Å². The third-order valence-electron chi connectivity index (χ3n) is 3.59. The van der Waals surface area contributed by atoms with Gasteiger partial charge < -0.3 is 10.2 Å². The maximum Gasteiger partial charge on any atom is 0.0398 e. The Balaban J connectivity index is 1.94. The number of hydrogen-bond acceptors (Lipinski definition) is 2. The first kappa shape index (κ1) is 12.4. The van der Waals surface area contributed by atoms with Crippen molar-refractivity contribution in [3.63, 3.8) is 0 Å². The highest BCUT2D eigenvalue weighted by Crippen LogP contribution is 2.26. The van der Waals surface area contributed by atoms with Crippen LogP contribution < -0.4 is 10.2 Å². The fraction of sp³-hybridized carbons (Fsp3) is 0.600. The summed E-state index contributed by atoms with van der Waals surface area (Å²) in [4.78, 5) is 2.55. The van der Waals surface area contributed by atoms with Crippen molar-refractivity contribution >= 4 is 5.69 Å². The van der Waals surface area contributed by atoms with Gasteiger partial charge >= 0.3 is 0 Å². The van der Waals surface area contributed by atoms with E-state index in [0.717, 1.165) is 6.54 Å². The lowest BCUT2D eigenvalue weighted by Gasteiger charge is -2.32. The van der Waals surface area contributed by atoms with Gasteiger partial charge in [0.05, 0.1) is 0 Å². The SMILES string of the molecule is CCNC(C)CCN1CCCc2ccccc21. The predicted octanol–water partition coefficient (Wildman–Crippen LogP) is 2.83. The smallest absolute Gasteiger partial charge is 0.0398 e. The summed E-state index contributed by atoms with van der Waals surface area (Å²) in [6.07, 6.45) is 3.77. The average molecular weight is 232 g/mol. The molecule has 2 rings (SSSR count). The van der Waals surface area contributed by atoms with E-state index in [2.05, 4.69) is 48.3 Å². The second kappa shape index (κ2) is 6.06. The number of rotatable bonds is 5. The fourth-order valence-electron chi connectivity index (χ4n) is 2.64. The molecule has 0 amide bonds. The van der Waals surface area contributed by atoms with E-state index >= 15 is 0 Å². The Morgan fingerprint density at radius 2 is 2.18 bits per heavy atom. The summed E-state index contributed by atoms with van der Waals surface area (Å²) in [6.45, 7) is 7.91. The number of para-hydroxylation sites is 1. The van der Waals surface area contributed by atoms with Gasteiger partial charge in [-0.1, -0.05) is 25.1 Å². The highest BCUT2D eigenvalue weighted by molar-refractivity contribution is 5.55. The second-order valence-corrected chi connectivity index (χ2v) is 4.97. The van der Waals surface area contributed by atoms with Crippen molar-refractivity contribution in [2.24, 2.45) is 0 Å². The summed E-state index contributed by atoms with van der Waals surface area (Å²) in [5, 5.41) is 3.48. The maximum absolute atomic E-state index is 3.48. The molecular weight excluding hydrogens is 208 g/mol. The van der Waals surface area contributed by atoms with E-state index in [-0.39, 0.29) is 0 Å². The highest BCUT2D eigenvalue weighted by atomic mass is 15.1. The van der Waals surface area contributed by atoms with Crippen LogP contribution in [-0.2, 0) is 6.42 Å².